The average molecular weight is 651 g/mol. The highest BCUT2D eigenvalue weighted by Crippen LogP contribution is 2.51. The molecule has 5 rings (SSSR count). The van der Waals surface area contributed by atoms with Gasteiger partial charge in [-0.3, -0.25) is 9.59 Å². The van der Waals surface area contributed by atoms with E-state index >= 15 is 0 Å². The monoisotopic (exact) mass is 650 g/mol. The largest absolute Gasteiger partial charge is 0.488 e. The summed E-state index contributed by atoms with van der Waals surface area (Å²) in [7, 11) is 3.24. The first-order chi connectivity index (χ1) is 22.8. The summed E-state index contributed by atoms with van der Waals surface area (Å²) in [5, 5.41) is 22.3. The molecule has 1 unspecified atom stereocenters. The molecule has 4 aromatic carbocycles. The van der Waals surface area contributed by atoms with Crippen molar-refractivity contribution in [3.63, 3.8) is 0 Å². The zero-order valence-corrected chi connectivity index (χ0v) is 29.1. The molecule has 7 heteroatoms. The second-order valence-corrected chi connectivity index (χ2v) is 13.4. The lowest BCUT2D eigenvalue weighted by Crippen LogP contribution is -2.43. The van der Waals surface area contributed by atoms with Crippen molar-refractivity contribution in [3.8, 4) is 16.9 Å². The maximum atomic E-state index is 12.6. The summed E-state index contributed by atoms with van der Waals surface area (Å²) in [6.07, 6.45) is 3.29. The third-order valence-electron chi connectivity index (χ3n) is 9.68. The van der Waals surface area contributed by atoms with E-state index in [1.165, 1.54) is 0 Å². The Bertz CT molecular complexity index is 1880. The minimum atomic E-state index is -1.02. The maximum absolute atomic E-state index is 12.6. The van der Waals surface area contributed by atoms with Crippen LogP contribution in [0.4, 0.5) is 0 Å². The minimum absolute atomic E-state index is 0.0916. The highest BCUT2D eigenvalue weighted by molar-refractivity contribution is 6.04. The zero-order valence-electron chi connectivity index (χ0n) is 29.1. The summed E-state index contributed by atoms with van der Waals surface area (Å²) in [5.74, 6) is -2.27. The summed E-state index contributed by atoms with van der Waals surface area (Å²) in [6.45, 7) is 12.7. The van der Waals surface area contributed by atoms with Crippen LogP contribution in [-0.4, -0.2) is 42.2 Å². The average Bonchev–Trinajstić information content (AvgIpc) is 3.04. The van der Waals surface area contributed by atoms with E-state index in [2.05, 4.69) is 39.8 Å². The SMILES string of the molecule is COC1(OC)C=Cc2c(cc(C)c(-c3c(C)c(OCc4ccccc4)c4c(C(C)C)cccc4c3CC(=O)O)c2CC(=O)O)C1C(C)C. The number of ether oxygens (including phenoxy) is 3. The van der Waals surface area contributed by atoms with Crippen LogP contribution in [0.2, 0.25) is 0 Å². The molecule has 1 atom stereocenters. The van der Waals surface area contributed by atoms with Crippen LogP contribution in [0, 0.1) is 19.8 Å². The van der Waals surface area contributed by atoms with Gasteiger partial charge in [-0.25, -0.2) is 0 Å². The number of hydrogen-bond acceptors (Lipinski definition) is 5. The van der Waals surface area contributed by atoms with E-state index in [4.69, 9.17) is 14.2 Å². The van der Waals surface area contributed by atoms with Crippen molar-refractivity contribution in [1.82, 2.24) is 0 Å². The Morgan fingerprint density at radius 1 is 0.854 bits per heavy atom. The second kappa shape index (κ2) is 14.0. The van der Waals surface area contributed by atoms with E-state index < -0.39 is 17.7 Å². The van der Waals surface area contributed by atoms with Crippen LogP contribution in [0.15, 0.2) is 60.7 Å². The van der Waals surface area contributed by atoms with Crippen LogP contribution in [0.3, 0.4) is 0 Å². The second-order valence-electron chi connectivity index (χ2n) is 13.4. The van der Waals surface area contributed by atoms with Crippen LogP contribution >= 0.6 is 0 Å². The first-order valence-corrected chi connectivity index (χ1v) is 16.5. The third-order valence-corrected chi connectivity index (χ3v) is 9.68. The fourth-order valence-corrected chi connectivity index (χ4v) is 7.69. The topological polar surface area (TPSA) is 102 Å². The maximum Gasteiger partial charge on any atom is 0.307 e. The van der Waals surface area contributed by atoms with Gasteiger partial charge in [0.05, 0.1) is 12.8 Å². The number of carbonyl (C=O) groups is 2. The van der Waals surface area contributed by atoms with Crippen molar-refractivity contribution < 1.29 is 34.0 Å². The number of hydrogen-bond donors (Lipinski definition) is 2. The number of benzene rings is 4. The first kappa shape index (κ1) is 34.9. The van der Waals surface area contributed by atoms with E-state index in [0.29, 0.717) is 29.0 Å². The van der Waals surface area contributed by atoms with Crippen molar-refractivity contribution in [3.05, 3.63) is 105 Å². The molecule has 48 heavy (non-hydrogen) atoms. The molecule has 0 spiro atoms. The Kier molecular flexibility index (Phi) is 10.1. The minimum Gasteiger partial charge on any atom is -0.488 e. The van der Waals surface area contributed by atoms with Crippen LogP contribution in [0.25, 0.3) is 28.0 Å². The quantitative estimate of drug-likeness (QED) is 0.148. The molecule has 0 saturated heterocycles. The van der Waals surface area contributed by atoms with Gasteiger partial charge in [-0.2, -0.15) is 0 Å². The number of aryl methyl sites for hydroxylation is 1. The van der Waals surface area contributed by atoms with E-state index in [0.717, 1.165) is 49.7 Å². The number of fused-ring (bicyclic) bond motifs is 2. The van der Waals surface area contributed by atoms with Gasteiger partial charge in [0.15, 0.2) is 5.79 Å². The molecule has 0 fully saturated rings. The van der Waals surface area contributed by atoms with Crippen LogP contribution in [0.1, 0.15) is 84.0 Å². The van der Waals surface area contributed by atoms with Gasteiger partial charge in [0.25, 0.3) is 0 Å². The molecule has 0 saturated carbocycles. The predicted molar refractivity (Wildman–Crippen MR) is 190 cm³/mol. The van der Waals surface area contributed by atoms with Gasteiger partial charge in [-0.05, 0) is 92.8 Å². The standard InChI is InChI=1S/C41H46O7/c1-23(2)28-15-12-16-30-32(21-35(44)45)37(26(6)40(38(28)30)48-22-27-13-10-9-11-14-27)36-25(5)19-33-29(31(36)20-34(42)43)17-18-41(46-7,47-8)39(33)24(3)4/h9-19,23-24,39H,20-22H2,1-8H3,(H,42,43)(H,44,45). The van der Waals surface area contributed by atoms with E-state index in [1.54, 1.807) is 14.2 Å². The summed E-state index contributed by atoms with van der Waals surface area (Å²) in [4.78, 5) is 25.2. The Morgan fingerprint density at radius 2 is 1.50 bits per heavy atom. The molecule has 0 amide bonds. The van der Waals surface area contributed by atoms with Gasteiger partial charge in [-0.15, -0.1) is 0 Å². The molecule has 252 valence electrons. The van der Waals surface area contributed by atoms with E-state index in [-0.39, 0.29) is 30.6 Å². The lowest BCUT2D eigenvalue weighted by atomic mass is 9.71. The van der Waals surface area contributed by atoms with Gasteiger partial charge in [0.1, 0.15) is 12.4 Å². The Balaban J connectivity index is 1.93. The number of methoxy groups -OCH3 is 2. The number of rotatable bonds is 12. The van der Waals surface area contributed by atoms with Gasteiger partial charge in [-0.1, -0.05) is 88.4 Å². The number of carboxylic acids is 2. The Hall–Kier alpha value is -4.46. The normalized spacial score (nSPS) is 15.2. The summed E-state index contributed by atoms with van der Waals surface area (Å²) in [6, 6.07) is 18.0. The predicted octanol–water partition coefficient (Wildman–Crippen LogP) is 8.84. The van der Waals surface area contributed by atoms with Gasteiger partial charge >= 0.3 is 11.9 Å². The molecule has 1 aliphatic rings. The number of aliphatic carboxylic acids is 2. The lowest BCUT2D eigenvalue weighted by Gasteiger charge is -2.42. The van der Waals surface area contributed by atoms with Crippen molar-refractivity contribution in [2.45, 2.75) is 78.6 Å². The molecule has 7 nitrogen and oxygen atoms in total. The summed E-state index contributed by atoms with van der Waals surface area (Å²) < 4.78 is 18.7. The zero-order chi connectivity index (χ0) is 34.9. The molecular formula is C41H46O7. The van der Waals surface area contributed by atoms with Crippen molar-refractivity contribution in [1.29, 1.82) is 0 Å². The van der Waals surface area contributed by atoms with E-state index in [9.17, 15) is 19.8 Å². The van der Waals surface area contributed by atoms with Gasteiger partial charge in [0, 0.05) is 25.5 Å². The molecule has 0 aliphatic heterocycles. The Labute approximate surface area is 283 Å². The lowest BCUT2D eigenvalue weighted by molar-refractivity contribution is -0.193. The highest BCUT2D eigenvalue weighted by atomic mass is 16.7. The van der Waals surface area contributed by atoms with Crippen LogP contribution in [-0.2, 0) is 38.5 Å². The first-order valence-electron chi connectivity index (χ1n) is 16.5. The summed E-state index contributed by atoms with van der Waals surface area (Å²) >= 11 is 0. The molecule has 0 radical (unpaired) electrons. The molecule has 0 bridgehead atoms. The molecule has 1 aliphatic carbocycles. The van der Waals surface area contributed by atoms with Gasteiger partial charge in [0.2, 0.25) is 0 Å². The highest BCUT2D eigenvalue weighted by Gasteiger charge is 2.44. The van der Waals surface area contributed by atoms with Crippen molar-refractivity contribution in [2.24, 2.45) is 5.92 Å². The smallest absolute Gasteiger partial charge is 0.307 e. The fourth-order valence-electron chi connectivity index (χ4n) is 7.69. The molecule has 4 aromatic rings. The molecular weight excluding hydrogens is 604 g/mol. The fraction of sp³-hybridized carbons (Fsp3) is 0.366. The Morgan fingerprint density at radius 3 is 2.08 bits per heavy atom. The van der Waals surface area contributed by atoms with Crippen molar-refractivity contribution in [2.75, 3.05) is 14.2 Å². The van der Waals surface area contributed by atoms with Crippen LogP contribution in [0.5, 0.6) is 5.75 Å². The van der Waals surface area contributed by atoms with Gasteiger partial charge < -0.3 is 24.4 Å². The summed E-state index contributed by atoms with van der Waals surface area (Å²) in [5.41, 5.74) is 8.12. The molecule has 0 aromatic heterocycles. The molecule has 2 N–H and O–H groups in total. The van der Waals surface area contributed by atoms with Crippen molar-refractivity contribution >= 4 is 28.8 Å². The van der Waals surface area contributed by atoms with Crippen LogP contribution < -0.4 is 4.74 Å². The third kappa shape index (κ3) is 6.25. The number of carboxylic acid groups (broad SMARTS) is 2. The van der Waals surface area contributed by atoms with E-state index in [1.807, 2.05) is 68.5 Å². The molecule has 0 heterocycles.